The van der Waals surface area contributed by atoms with Crippen LogP contribution >= 0.6 is 0 Å². The number of carbonyl (C=O) groups excluding carboxylic acids is 1. The molecular weight excluding hydrogens is 363 g/mol. The van der Waals surface area contributed by atoms with Gasteiger partial charge in [0.2, 0.25) is 11.8 Å². The Bertz CT molecular complexity index is 1030. The topological polar surface area (TPSA) is 81.2 Å². The minimum Gasteiger partial charge on any atom is -0.443 e. The first-order chi connectivity index (χ1) is 13.6. The van der Waals surface area contributed by atoms with E-state index in [1.165, 1.54) is 22.9 Å². The highest BCUT2D eigenvalue weighted by Gasteiger charge is 2.33. The molecule has 0 aliphatic carbocycles. The molecule has 0 radical (unpaired) electrons. The zero-order valence-corrected chi connectivity index (χ0v) is 15.1. The highest BCUT2D eigenvalue weighted by Crippen LogP contribution is 2.32. The molecule has 144 valence electrons. The van der Waals surface area contributed by atoms with Gasteiger partial charge in [-0.05, 0) is 36.6 Å². The Balaban J connectivity index is 1.47. The normalized spacial score (nSPS) is 16.5. The summed E-state index contributed by atoms with van der Waals surface area (Å²) in [5, 5.41) is 0. The van der Waals surface area contributed by atoms with E-state index in [2.05, 4.69) is 9.97 Å². The van der Waals surface area contributed by atoms with E-state index in [9.17, 15) is 14.0 Å². The molecule has 1 fully saturated rings. The molecule has 7 nitrogen and oxygen atoms in total. The molecule has 1 aliphatic rings. The highest BCUT2D eigenvalue weighted by molar-refractivity contribution is 5.76. The van der Waals surface area contributed by atoms with Crippen LogP contribution in [0.15, 0.2) is 58.1 Å². The Kier molecular flexibility index (Phi) is 5.01. The predicted molar refractivity (Wildman–Crippen MR) is 97.9 cm³/mol. The number of nitrogens with zero attached hydrogens (tertiary/aromatic N) is 4. The number of likely N-dealkylation sites (tertiary alicyclic amines) is 1. The molecule has 1 aliphatic heterocycles. The Hall–Kier alpha value is -3.29. The van der Waals surface area contributed by atoms with E-state index >= 15 is 0 Å². The van der Waals surface area contributed by atoms with E-state index in [0.29, 0.717) is 24.6 Å². The molecule has 1 atom stereocenters. The van der Waals surface area contributed by atoms with Crippen LogP contribution in [0.1, 0.15) is 36.1 Å². The number of hydrogen-bond donors (Lipinski definition) is 0. The summed E-state index contributed by atoms with van der Waals surface area (Å²) in [7, 11) is 0. The van der Waals surface area contributed by atoms with Gasteiger partial charge in [-0.15, -0.1) is 0 Å². The Labute approximate surface area is 160 Å². The Morgan fingerprint density at radius 3 is 2.86 bits per heavy atom. The van der Waals surface area contributed by atoms with Crippen molar-refractivity contribution in [1.82, 2.24) is 19.4 Å². The second-order valence-corrected chi connectivity index (χ2v) is 6.74. The van der Waals surface area contributed by atoms with Crippen molar-refractivity contribution in [2.75, 3.05) is 6.54 Å². The van der Waals surface area contributed by atoms with E-state index < -0.39 is 5.69 Å². The molecular formula is C20H19FN4O3. The molecule has 1 amide bonds. The van der Waals surface area contributed by atoms with Gasteiger partial charge in [0.1, 0.15) is 24.2 Å². The maximum atomic E-state index is 13.0. The average molecular weight is 382 g/mol. The summed E-state index contributed by atoms with van der Waals surface area (Å²) in [4.78, 5) is 34.2. The second-order valence-electron chi connectivity index (χ2n) is 6.74. The molecule has 8 heteroatoms. The molecule has 0 saturated carbocycles. The van der Waals surface area contributed by atoms with Crippen LogP contribution in [0.5, 0.6) is 0 Å². The summed E-state index contributed by atoms with van der Waals surface area (Å²) in [6.45, 7) is 0.528. The molecule has 0 N–H and O–H groups in total. The molecule has 1 saturated heterocycles. The largest absolute Gasteiger partial charge is 0.443 e. The molecule has 3 aromatic rings. The van der Waals surface area contributed by atoms with Gasteiger partial charge in [-0.3, -0.25) is 9.36 Å². The van der Waals surface area contributed by atoms with Crippen LogP contribution in [-0.2, 0) is 17.8 Å². The first kappa shape index (κ1) is 18.1. The van der Waals surface area contributed by atoms with Crippen LogP contribution in [0.2, 0.25) is 0 Å². The molecule has 28 heavy (non-hydrogen) atoms. The number of hydrogen-bond acceptors (Lipinski definition) is 5. The van der Waals surface area contributed by atoms with Gasteiger partial charge in [0.15, 0.2) is 0 Å². The standard InChI is InChI=1S/C20H19FN4O3/c21-15-6-4-14(5-7-15)11-16-12-23-19(28-16)17-3-1-10-25(17)18(26)13-24-9-2-8-22-20(24)27/h2,4-9,12,17H,1,3,10-11,13H2/t17-/m1/s1. The van der Waals surface area contributed by atoms with Crippen LogP contribution in [0.3, 0.4) is 0 Å². The Morgan fingerprint density at radius 2 is 2.07 bits per heavy atom. The quantitative estimate of drug-likeness (QED) is 0.677. The fourth-order valence-electron chi connectivity index (χ4n) is 3.43. The third-order valence-corrected chi connectivity index (χ3v) is 4.81. The van der Waals surface area contributed by atoms with Crippen LogP contribution in [-0.4, -0.2) is 31.9 Å². The third-order valence-electron chi connectivity index (χ3n) is 4.81. The number of benzene rings is 1. The van der Waals surface area contributed by atoms with Gasteiger partial charge in [0.05, 0.1) is 6.20 Å². The van der Waals surface area contributed by atoms with Crippen LogP contribution in [0, 0.1) is 5.82 Å². The molecule has 1 aromatic carbocycles. The fourth-order valence-corrected chi connectivity index (χ4v) is 3.43. The summed E-state index contributed by atoms with van der Waals surface area (Å²) >= 11 is 0. The van der Waals surface area contributed by atoms with Crippen molar-refractivity contribution < 1.29 is 13.6 Å². The minimum absolute atomic E-state index is 0.0632. The number of oxazole rings is 1. The number of amides is 1. The maximum Gasteiger partial charge on any atom is 0.347 e. The van der Waals surface area contributed by atoms with Gasteiger partial charge < -0.3 is 9.32 Å². The van der Waals surface area contributed by atoms with E-state index in [0.717, 1.165) is 18.4 Å². The summed E-state index contributed by atoms with van der Waals surface area (Å²) in [6.07, 6.45) is 6.68. The van der Waals surface area contributed by atoms with E-state index in [-0.39, 0.29) is 24.3 Å². The van der Waals surface area contributed by atoms with Gasteiger partial charge in [0.25, 0.3) is 0 Å². The van der Waals surface area contributed by atoms with Gasteiger partial charge in [-0.25, -0.2) is 19.2 Å². The van der Waals surface area contributed by atoms with Crippen molar-refractivity contribution in [3.8, 4) is 0 Å². The number of halogens is 1. The molecule has 4 rings (SSSR count). The van der Waals surface area contributed by atoms with Crippen molar-refractivity contribution in [3.63, 3.8) is 0 Å². The summed E-state index contributed by atoms with van der Waals surface area (Å²) in [5.41, 5.74) is 0.462. The lowest BCUT2D eigenvalue weighted by Gasteiger charge is -2.22. The van der Waals surface area contributed by atoms with Gasteiger partial charge in [-0.1, -0.05) is 12.1 Å². The van der Waals surface area contributed by atoms with Gasteiger partial charge >= 0.3 is 5.69 Å². The van der Waals surface area contributed by atoms with Crippen molar-refractivity contribution in [2.24, 2.45) is 0 Å². The molecule has 0 spiro atoms. The second kappa shape index (κ2) is 7.75. The van der Waals surface area contributed by atoms with E-state index in [4.69, 9.17) is 4.42 Å². The van der Waals surface area contributed by atoms with Crippen molar-refractivity contribution in [2.45, 2.75) is 31.8 Å². The van der Waals surface area contributed by atoms with E-state index in [1.54, 1.807) is 35.5 Å². The zero-order valence-electron chi connectivity index (χ0n) is 15.1. The molecule has 0 bridgehead atoms. The number of carbonyl (C=O) groups is 1. The van der Waals surface area contributed by atoms with Crippen molar-refractivity contribution in [3.05, 3.63) is 82.4 Å². The first-order valence-corrected chi connectivity index (χ1v) is 9.10. The van der Waals surface area contributed by atoms with Crippen molar-refractivity contribution in [1.29, 1.82) is 0 Å². The predicted octanol–water partition coefficient (Wildman–Crippen LogP) is 2.32. The molecule has 3 heterocycles. The summed E-state index contributed by atoms with van der Waals surface area (Å²) in [6, 6.07) is 7.59. The Morgan fingerprint density at radius 1 is 1.25 bits per heavy atom. The van der Waals surface area contributed by atoms with Gasteiger partial charge in [0, 0.05) is 25.4 Å². The lowest BCUT2D eigenvalue weighted by molar-refractivity contribution is -0.133. The van der Waals surface area contributed by atoms with Crippen LogP contribution < -0.4 is 5.69 Å². The number of aromatic nitrogens is 3. The van der Waals surface area contributed by atoms with Crippen LogP contribution in [0.25, 0.3) is 0 Å². The highest BCUT2D eigenvalue weighted by atomic mass is 19.1. The molecule has 2 aromatic heterocycles. The maximum absolute atomic E-state index is 13.0. The fraction of sp³-hybridized carbons (Fsp3) is 0.300. The summed E-state index contributed by atoms with van der Waals surface area (Å²) < 4.78 is 20.2. The zero-order chi connectivity index (χ0) is 19.5. The average Bonchev–Trinajstić information content (AvgIpc) is 3.34. The SMILES string of the molecule is O=C(Cn1cccnc1=O)N1CCC[C@@H]1c1ncc(Cc2ccc(F)cc2)o1. The summed E-state index contributed by atoms with van der Waals surface area (Å²) in [5.74, 6) is 0.691. The van der Waals surface area contributed by atoms with Gasteiger partial charge in [-0.2, -0.15) is 0 Å². The monoisotopic (exact) mass is 382 g/mol. The smallest absolute Gasteiger partial charge is 0.347 e. The lowest BCUT2D eigenvalue weighted by atomic mass is 10.1. The molecule has 0 unspecified atom stereocenters. The number of rotatable bonds is 5. The van der Waals surface area contributed by atoms with Crippen molar-refractivity contribution >= 4 is 5.91 Å². The van der Waals surface area contributed by atoms with E-state index in [1.807, 2.05) is 0 Å². The third kappa shape index (κ3) is 3.85. The lowest BCUT2D eigenvalue weighted by Crippen LogP contribution is -2.36. The first-order valence-electron chi connectivity index (χ1n) is 9.10. The van der Waals surface area contributed by atoms with Crippen LogP contribution in [0.4, 0.5) is 4.39 Å². The minimum atomic E-state index is -0.454.